The highest BCUT2D eigenvalue weighted by molar-refractivity contribution is 5.72. The average Bonchev–Trinajstić information content (AvgIpc) is 2.04. The molecule has 0 aromatic heterocycles. The molecule has 0 radical (unpaired) electrons. The van der Waals surface area contributed by atoms with Gasteiger partial charge in [-0.3, -0.25) is 9.59 Å². The van der Waals surface area contributed by atoms with E-state index in [0.29, 0.717) is 0 Å². The van der Waals surface area contributed by atoms with Crippen molar-refractivity contribution in [3.8, 4) is 0 Å². The summed E-state index contributed by atoms with van der Waals surface area (Å²) in [4.78, 5) is 28.7. The molecule has 0 aliphatic heterocycles. The van der Waals surface area contributed by atoms with Gasteiger partial charge in [0, 0.05) is 20.9 Å². The zero-order chi connectivity index (χ0) is 12.1. The standard InChI is InChI=1S/C3H7NO.C3H6O2.C3H6O/c1-3(5)4-2;1-3(4)5-2;1-3(2)4/h1-2H3,(H,4,5);1-2H3;1-2H3. The Hall–Kier alpha value is -1.39. The molecule has 0 unspecified atom stereocenters. The number of Topliss-reactive ketones (excluding diaryl/α,β-unsaturated/α-hetero) is 1. The maximum absolute atomic E-state index is 9.70. The molecule has 1 amide bonds. The number of ether oxygens (including phenoxy) is 1. The molecule has 0 spiro atoms. The summed E-state index contributed by atoms with van der Waals surface area (Å²) in [5.74, 6) is -0.0741. The van der Waals surface area contributed by atoms with Crippen molar-refractivity contribution in [2.45, 2.75) is 27.7 Å². The number of carbonyl (C=O) groups excluding carboxylic acids is 3. The van der Waals surface area contributed by atoms with E-state index in [0.717, 1.165) is 0 Å². The molecule has 14 heavy (non-hydrogen) atoms. The maximum atomic E-state index is 9.70. The Morgan fingerprint density at radius 1 is 1.00 bits per heavy atom. The van der Waals surface area contributed by atoms with Crippen molar-refractivity contribution in [1.82, 2.24) is 5.32 Å². The maximum Gasteiger partial charge on any atom is 0.302 e. The number of rotatable bonds is 0. The molecule has 0 fully saturated rings. The normalized spacial score (nSPS) is 6.71. The highest BCUT2D eigenvalue weighted by Gasteiger charge is 1.75. The number of amides is 1. The van der Waals surface area contributed by atoms with Crippen molar-refractivity contribution in [2.24, 2.45) is 0 Å². The fourth-order valence-electron chi connectivity index (χ4n) is 0. The van der Waals surface area contributed by atoms with Crippen LogP contribution in [-0.2, 0) is 19.1 Å². The summed E-state index contributed by atoms with van der Waals surface area (Å²) >= 11 is 0. The van der Waals surface area contributed by atoms with E-state index in [1.165, 1.54) is 34.8 Å². The molecule has 84 valence electrons. The Morgan fingerprint density at radius 2 is 1.14 bits per heavy atom. The van der Waals surface area contributed by atoms with Crippen molar-refractivity contribution in [2.75, 3.05) is 14.2 Å². The third kappa shape index (κ3) is 144. The molecule has 0 saturated heterocycles. The summed E-state index contributed by atoms with van der Waals surface area (Å²) in [6.45, 7) is 5.89. The van der Waals surface area contributed by atoms with Crippen LogP contribution in [0.2, 0.25) is 0 Å². The van der Waals surface area contributed by atoms with Gasteiger partial charge in [0.05, 0.1) is 7.11 Å². The van der Waals surface area contributed by atoms with Crippen LogP contribution in [0, 0.1) is 0 Å². The van der Waals surface area contributed by atoms with E-state index in [1.807, 2.05) is 0 Å². The third-order valence-electron chi connectivity index (χ3n) is 0.640. The first-order valence-electron chi connectivity index (χ1n) is 3.97. The Morgan fingerprint density at radius 3 is 1.14 bits per heavy atom. The Kier molecular flexibility index (Phi) is 18.6. The minimum Gasteiger partial charge on any atom is -0.469 e. The minimum atomic E-state index is -0.245. The summed E-state index contributed by atoms with van der Waals surface area (Å²) in [7, 11) is 2.95. The van der Waals surface area contributed by atoms with Crippen LogP contribution in [0.3, 0.4) is 0 Å². The third-order valence-corrected chi connectivity index (χ3v) is 0.640. The van der Waals surface area contributed by atoms with E-state index >= 15 is 0 Å². The summed E-state index contributed by atoms with van der Waals surface area (Å²) in [6.07, 6.45) is 0. The van der Waals surface area contributed by atoms with Crippen LogP contribution >= 0.6 is 0 Å². The molecule has 5 nitrogen and oxygen atoms in total. The SMILES string of the molecule is CC(C)=O.CNC(C)=O.COC(C)=O. The number of methoxy groups -OCH3 is 1. The first-order valence-corrected chi connectivity index (χ1v) is 3.97. The number of esters is 1. The van der Waals surface area contributed by atoms with Gasteiger partial charge in [0.1, 0.15) is 5.78 Å². The van der Waals surface area contributed by atoms with E-state index in [-0.39, 0.29) is 17.7 Å². The lowest BCUT2D eigenvalue weighted by Crippen LogP contribution is -2.11. The van der Waals surface area contributed by atoms with Crippen molar-refractivity contribution >= 4 is 17.7 Å². The van der Waals surface area contributed by atoms with E-state index in [2.05, 4.69) is 10.1 Å². The van der Waals surface area contributed by atoms with E-state index in [9.17, 15) is 14.4 Å². The topological polar surface area (TPSA) is 72.5 Å². The Bertz CT molecular complexity index is 160. The van der Waals surface area contributed by atoms with Crippen molar-refractivity contribution < 1.29 is 19.1 Å². The molecule has 1 N–H and O–H groups in total. The Balaban J connectivity index is -0.000000131. The van der Waals surface area contributed by atoms with Gasteiger partial charge in [0.15, 0.2) is 0 Å². The fourth-order valence-corrected chi connectivity index (χ4v) is 0. The molecule has 0 rings (SSSR count). The molecule has 0 bridgehead atoms. The van der Waals surface area contributed by atoms with Gasteiger partial charge in [-0.2, -0.15) is 0 Å². The predicted molar refractivity (Wildman–Crippen MR) is 53.8 cm³/mol. The molecule has 0 heterocycles. The van der Waals surface area contributed by atoms with Gasteiger partial charge in [-0.1, -0.05) is 0 Å². The quantitative estimate of drug-likeness (QED) is 0.585. The van der Waals surface area contributed by atoms with Gasteiger partial charge in [-0.15, -0.1) is 0 Å². The monoisotopic (exact) mass is 205 g/mol. The van der Waals surface area contributed by atoms with E-state index in [1.54, 1.807) is 7.05 Å². The summed E-state index contributed by atoms with van der Waals surface area (Å²) in [5, 5.41) is 2.39. The van der Waals surface area contributed by atoms with Crippen LogP contribution in [0.1, 0.15) is 27.7 Å². The first-order chi connectivity index (χ1) is 6.27. The van der Waals surface area contributed by atoms with Crippen LogP contribution in [0.15, 0.2) is 0 Å². The van der Waals surface area contributed by atoms with Crippen LogP contribution in [0.4, 0.5) is 0 Å². The van der Waals surface area contributed by atoms with E-state index < -0.39 is 0 Å². The second-order valence-electron chi connectivity index (χ2n) is 2.41. The van der Waals surface area contributed by atoms with Crippen molar-refractivity contribution in [3.63, 3.8) is 0 Å². The highest BCUT2D eigenvalue weighted by Crippen LogP contribution is 1.60. The lowest BCUT2D eigenvalue weighted by molar-refractivity contribution is -0.138. The summed E-state index contributed by atoms with van der Waals surface area (Å²) in [5.41, 5.74) is 0. The van der Waals surface area contributed by atoms with Gasteiger partial charge in [0.2, 0.25) is 5.91 Å². The largest absolute Gasteiger partial charge is 0.469 e. The molecule has 0 aliphatic carbocycles. The number of nitrogens with one attached hydrogen (secondary N) is 1. The molecular formula is C9H19NO4. The first kappa shape index (κ1) is 18.4. The Labute approximate surface area is 84.8 Å². The predicted octanol–water partition coefficient (Wildman–Crippen LogP) is 0.527. The molecule has 0 saturated carbocycles. The lowest BCUT2D eigenvalue weighted by Gasteiger charge is -1.80. The number of hydrogen-bond acceptors (Lipinski definition) is 4. The highest BCUT2D eigenvalue weighted by atomic mass is 16.5. The van der Waals surface area contributed by atoms with Crippen LogP contribution in [0.5, 0.6) is 0 Å². The smallest absolute Gasteiger partial charge is 0.302 e. The van der Waals surface area contributed by atoms with Crippen molar-refractivity contribution in [3.05, 3.63) is 0 Å². The number of hydrogen-bond donors (Lipinski definition) is 1. The summed E-state index contributed by atoms with van der Waals surface area (Å²) < 4.78 is 4.11. The van der Waals surface area contributed by atoms with Crippen LogP contribution < -0.4 is 5.32 Å². The van der Waals surface area contributed by atoms with Crippen molar-refractivity contribution in [1.29, 1.82) is 0 Å². The molecule has 5 heteroatoms. The van der Waals surface area contributed by atoms with Gasteiger partial charge in [0.25, 0.3) is 0 Å². The van der Waals surface area contributed by atoms with E-state index in [4.69, 9.17) is 0 Å². The molecule has 0 aromatic carbocycles. The van der Waals surface area contributed by atoms with Gasteiger partial charge in [-0.05, 0) is 13.8 Å². The fraction of sp³-hybridized carbons (Fsp3) is 0.667. The molecule has 0 aliphatic rings. The number of ketones is 1. The molecule has 0 aromatic rings. The second-order valence-corrected chi connectivity index (χ2v) is 2.41. The zero-order valence-electron chi connectivity index (χ0n) is 9.63. The van der Waals surface area contributed by atoms with Gasteiger partial charge in [-0.25, -0.2) is 0 Å². The van der Waals surface area contributed by atoms with Gasteiger partial charge < -0.3 is 14.8 Å². The second kappa shape index (κ2) is 14.2. The average molecular weight is 205 g/mol. The molecular weight excluding hydrogens is 186 g/mol. The lowest BCUT2D eigenvalue weighted by atomic mass is 10.6. The van der Waals surface area contributed by atoms with Gasteiger partial charge >= 0.3 is 5.97 Å². The minimum absolute atomic E-state index is 0.00463. The zero-order valence-corrected chi connectivity index (χ0v) is 9.63. The molecule has 0 atom stereocenters. The summed E-state index contributed by atoms with van der Waals surface area (Å²) in [6, 6.07) is 0. The van der Waals surface area contributed by atoms with Crippen LogP contribution in [0.25, 0.3) is 0 Å². The number of carbonyl (C=O) groups is 3. The van der Waals surface area contributed by atoms with Crippen LogP contribution in [-0.4, -0.2) is 31.8 Å².